The van der Waals surface area contributed by atoms with Crippen molar-refractivity contribution >= 4 is 28.6 Å². The summed E-state index contributed by atoms with van der Waals surface area (Å²) in [5, 5.41) is 6.62. The molecule has 0 fully saturated rings. The number of esters is 1. The van der Waals surface area contributed by atoms with Crippen LogP contribution in [0.2, 0.25) is 0 Å². The Hall–Kier alpha value is -3.74. The van der Waals surface area contributed by atoms with Crippen LogP contribution in [0.4, 0.5) is 0 Å². The first-order valence-corrected chi connectivity index (χ1v) is 10.7. The Kier molecular flexibility index (Phi) is 6.16. The Morgan fingerprint density at radius 1 is 1.12 bits per heavy atom. The highest BCUT2D eigenvalue weighted by Crippen LogP contribution is 2.28. The van der Waals surface area contributed by atoms with Crippen molar-refractivity contribution in [3.8, 4) is 5.75 Å². The molecule has 2 heterocycles. The summed E-state index contributed by atoms with van der Waals surface area (Å²) < 4.78 is 10.8. The lowest BCUT2D eigenvalue weighted by Gasteiger charge is -2.13. The molecule has 0 atom stereocenters. The van der Waals surface area contributed by atoms with Crippen molar-refractivity contribution in [3.63, 3.8) is 0 Å². The summed E-state index contributed by atoms with van der Waals surface area (Å²) in [5.41, 5.74) is 3.39. The van der Waals surface area contributed by atoms with Gasteiger partial charge in [-0.05, 0) is 36.1 Å². The van der Waals surface area contributed by atoms with E-state index in [1.54, 1.807) is 6.07 Å². The normalized spacial score (nSPS) is 13.3. The molecule has 0 N–H and O–H groups in total. The number of amides is 1. The van der Waals surface area contributed by atoms with E-state index in [9.17, 15) is 14.4 Å². The van der Waals surface area contributed by atoms with Gasteiger partial charge in [0.25, 0.3) is 0 Å². The third-order valence-electron chi connectivity index (χ3n) is 5.48. The van der Waals surface area contributed by atoms with Crippen LogP contribution in [0.5, 0.6) is 5.75 Å². The van der Waals surface area contributed by atoms with Crippen molar-refractivity contribution in [2.45, 2.75) is 39.5 Å². The molecule has 0 unspecified atom stereocenters. The van der Waals surface area contributed by atoms with Crippen LogP contribution in [0.15, 0.2) is 62.8 Å². The number of ether oxygens (including phenoxy) is 1. The highest BCUT2D eigenvalue weighted by Gasteiger charge is 2.22. The van der Waals surface area contributed by atoms with Crippen molar-refractivity contribution < 1.29 is 18.7 Å². The predicted molar refractivity (Wildman–Crippen MR) is 121 cm³/mol. The van der Waals surface area contributed by atoms with Crippen molar-refractivity contribution in [1.29, 1.82) is 0 Å². The summed E-state index contributed by atoms with van der Waals surface area (Å²) in [7, 11) is 0. The molecule has 3 aromatic rings. The molecule has 0 aliphatic carbocycles. The van der Waals surface area contributed by atoms with Gasteiger partial charge >= 0.3 is 11.6 Å². The Labute approximate surface area is 185 Å². The molecule has 2 aromatic carbocycles. The van der Waals surface area contributed by atoms with E-state index in [2.05, 4.69) is 5.10 Å². The van der Waals surface area contributed by atoms with Crippen LogP contribution < -0.4 is 10.4 Å². The standard InChI is InChI=1S/C25H24N2O5/c1-3-17-14-19-16(2)13-25(30)32-22(19)15-21(17)31-24(29)10-9-23(28)27-12-11-20(26-27)18-7-5-4-6-8-18/h4-8,13-15H,3,9-12H2,1-2H3. The fraction of sp³-hybridized carbons (Fsp3) is 0.280. The maximum Gasteiger partial charge on any atom is 0.336 e. The van der Waals surface area contributed by atoms with E-state index >= 15 is 0 Å². The molecule has 4 rings (SSSR count). The topological polar surface area (TPSA) is 89.2 Å². The minimum absolute atomic E-state index is 0.00757. The van der Waals surface area contributed by atoms with Gasteiger partial charge in [-0.25, -0.2) is 9.80 Å². The number of carbonyl (C=O) groups is 2. The zero-order chi connectivity index (χ0) is 22.7. The second-order valence-corrected chi connectivity index (χ2v) is 7.71. The Morgan fingerprint density at radius 2 is 1.91 bits per heavy atom. The third kappa shape index (κ3) is 4.61. The molecule has 164 valence electrons. The van der Waals surface area contributed by atoms with Crippen LogP contribution in [-0.4, -0.2) is 29.1 Å². The lowest BCUT2D eigenvalue weighted by Crippen LogP contribution is -2.24. The van der Waals surface area contributed by atoms with E-state index in [0.29, 0.717) is 30.7 Å². The first-order valence-electron chi connectivity index (χ1n) is 10.7. The summed E-state index contributed by atoms with van der Waals surface area (Å²) >= 11 is 0. The highest BCUT2D eigenvalue weighted by atomic mass is 16.5. The van der Waals surface area contributed by atoms with Gasteiger partial charge in [0.15, 0.2) is 0 Å². The van der Waals surface area contributed by atoms with Gasteiger partial charge in [0, 0.05) is 30.4 Å². The average molecular weight is 432 g/mol. The molecule has 0 radical (unpaired) electrons. The average Bonchev–Trinajstić information content (AvgIpc) is 3.28. The van der Waals surface area contributed by atoms with E-state index in [-0.39, 0.29) is 18.7 Å². The van der Waals surface area contributed by atoms with Crippen molar-refractivity contribution in [1.82, 2.24) is 5.01 Å². The van der Waals surface area contributed by atoms with Crippen LogP contribution in [0, 0.1) is 6.92 Å². The van der Waals surface area contributed by atoms with Gasteiger partial charge in [-0.3, -0.25) is 9.59 Å². The van der Waals surface area contributed by atoms with Gasteiger partial charge in [-0.2, -0.15) is 5.10 Å². The maximum atomic E-state index is 12.5. The molecule has 1 aliphatic rings. The largest absolute Gasteiger partial charge is 0.426 e. The predicted octanol–water partition coefficient (Wildman–Crippen LogP) is 3.99. The second kappa shape index (κ2) is 9.18. The number of fused-ring (bicyclic) bond motifs is 1. The molecule has 1 aliphatic heterocycles. The molecule has 0 bridgehead atoms. The van der Waals surface area contributed by atoms with Crippen molar-refractivity contribution in [3.05, 3.63) is 75.6 Å². The lowest BCUT2D eigenvalue weighted by molar-refractivity contribution is -0.138. The first kappa shape index (κ1) is 21.5. The summed E-state index contributed by atoms with van der Waals surface area (Å²) in [6.45, 7) is 4.29. The number of hydrogen-bond acceptors (Lipinski definition) is 6. The number of rotatable bonds is 6. The molecule has 7 nitrogen and oxygen atoms in total. The van der Waals surface area contributed by atoms with E-state index < -0.39 is 11.6 Å². The third-order valence-corrected chi connectivity index (χ3v) is 5.48. The van der Waals surface area contributed by atoms with Crippen LogP contribution >= 0.6 is 0 Å². The highest BCUT2D eigenvalue weighted by molar-refractivity contribution is 6.02. The number of nitrogens with zero attached hydrogens (tertiary/aromatic N) is 2. The second-order valence-electron chi connectivity index (χ2n) is 7.71. The van der Waals surface area contributed by atoms with Crippen molar-refractivity contribution in [2.24, 2.45) is 5.10 Å². The van der Waals surface area contributed by atoms with Crippen LogP contribution in [-0.2, 0) is 16.0 Å². The number of benzene rings is 2. The zero-order valence-electron chi connectivity index (χ0n) is 18.1. The quantitative estimate of drug-likeness (QED) is 0.334. The Balaban J connectivity index is 1.41. The molecule has 0 spiro atoms. The molecule has 32 heavy (non-hydrogen) atoms. The van der Waals surface area contributed by atoms with Gasteiger partial charge in [-0.15, -0.1) is 0 Å². The summed E-state index contributed by atoms with van der Waals surface area (Å²) in [4.78, 5) is 36.6. The smallest absolute Gasteiger partial charge is 0.336 e. The first-order chi connectivity index (χ1) is 15.4. The lowest BCUT2D eigenvalue weighted by atomic mass is 10.1. The van der Waals surface area contributed by atoms with Crippen molar-refractivity contribution in [2.75, 3.05) is 6.54 Å². The molecular weight excluding hydrogens is 408 g/mol. The van der Waals surface area contributed by atoms with E-state index in [1.165, 1.54) is 11.1 Å². The number of hydrogen-bond donors (Lipinski definition) is 0. The fourth-order valence-electron chi connectivity index (χ4n) is 3.74. The molecule has 7 heteroatoms. The van der Waals surface area contributed by atoms with E-state index in [1.807, 2.05) is 50.2 Å². The summed E-state index contributed by atoms with van der Waals surface area (Å²) in [6.07, 6.45) is 1.26. The van der Waals surface area contributed by atoms with Crippen LogP contribution in [0.3, 0.4) is 0 Å². The zero-order valence-corrected chi connectivity index (χ0v) is 18.1. The SMILES string of the molecule is CCc1cc2c(C)cc(=O)oc2cc1OC(=O)CCC(=O)N1CCC(c2ccccc2)=N1. The van der Waals surface area contributed by atoms with Gasteiger partial charge in [0.1, 0.15) is 11.3 Å². The number of carbonyl (C=O) groups excluding carboxylic acids is 2. The molecular formula is C25H24N2O5. The number of hydrazone groups is 1. The summed E-state index contributed by atoms with van der Waals surface area (Å²) in [6, 6.07) is 14.6. The van der Waals surface area contributed by atoms with Gasteiger partial charge < -0.3 is 9.15 Å². The van der Waals surface area contributed by atoms with Crippen LogP contribution in [0.1, 0.15) is 42.9 Å². The van der Waals surface area contributed by atoms with Gasteiger partial charge in [0.2, 0.25) is 5.91 Å². The monoisotopic (exact) mass is 432 g/mol. The van der Waals surface area contributed by atoms with E-state index in [0.717, 1.165) is 27.8 Å². The molecule has 1 aromatic heterocycles. The van der Waals surface area contributed by atoms with Gasteiger partial charge in [-0.1, -0.05) is 37.3 Å². The number of aryl methyl sites for hydroxylation is 2. The fourth-order valence-corrected chi connectivity index (χ4v) is 3.74. The minimum atomic E-state index is -0.520. The molecule has 0 saturated heterocycles. The minimum Gasteiger partial charge on any atom is -0.426 e. The molecule has 0 saturated carbocycles. The van der Waals surface area contributed by atoms with Crippen LogP contribution in [0.25, 0.3) is 11.0 Å². The maximum absolute atomic E-state index is 12.5. The molecule has 1 amide bonds. The van der Waals surface area contributed by atoms with Gasteiger partial charge in [0.05, 0.1) is 18.7 Å². The van der Waals surface area contributed by atoms with E-state index in [4.69, 9.17) is 9.15 Å². The summed E-state index contributed by atoms with van der Waals surface area (Å²) in [5.74, 6) is -0.394. The Morgan fingerprint density at radius 3 is 2.66 bits per heavy atom. The Bertz CT molecular complexity index is 1260.